The summed E-state index contributed by atoms with van der Waals surface area (Å²) < 4.78 is 8.34. The summed E-state index contributed by atoms with van der Waals surface area (Å²) in [6, 6.07) is 21.5. The van der Waals surface area contributed by atoms with Crippen molar-refractivity contribution in [3.05, 3.63) is 101 Å². The summed E-state index contributed by atoms with van der Waals surface area (Å²) in [5.41, 5.74) is 9.89. The topological polar surface area (TPSA) is 130 Å². The van der Waals surface area contributed by atoms with E-state index in [0.29, 0.717) is 45.6 Å². The average molecular weight is 508 g/mol. The molecule has 5 aromatic rings. The highest BCUT2D eigenvalue weighted by Crippen LogP contribution is 2.27. The van der Waals surface area contributed by atoms with E-state index < -0.39 is 11.5 Å². The second-order valence-electron chi connectivity index (χ2n) is 8.52. The molecule has 0 bridgehead atoms. The fourth-order valence-electron chi connectivity index (χ4n) is 4.14. The Balaban J connectivity index is 1.40. The van der Waals surface area contributed by atoms with Crippen LogP contribution < -0.4 is 21.3 Å². The molecule has 0 spiro atoms. The van der Waals surface area contributed by atoms with Gasteiger partial charge in [-0.1, -0.05) is 36.4 Å². The standard InChI is InChI=1S/C28H25N7O3/c1-17-24(28(37)35(34(17)2)20-8-5-4-6-9-20)27(36)31-19-14-12-18(13-15-19)25-26(29)30-16-22(33-25)21-10-7-11-23(32-21)38-3/h4-16H,1-3H3,(H2,29,30)(H,31,36). The average Bonchev–Trinajstić information content (AvgIpc) is 3.17. The molecule has 10 nitrogen and oxygen atoms in total. The van der Waals surface area contributed by atoms with Gasteiger partial charge in [-0.05, 0) is 37.3 Å². The smallest absolute Gasteiger partial charge is 0.284 e. The largest absolute Gasteiger partial charge is 0.481 e. The van der Waals surface area contributed by atoms with E-state index in [1.54, 1.807) is 62.3 Å². The Morgan fingerprint density at radius 2 is 1.68 bits per heavy atom. The lowest BCUT2D eigenvalue weighted by Crippen LogP contribution is -2.25. The summed E-state index contributed by atoms with van der Waals surface area (Å²) in [7, 11) is 3.29. The molecule has 0 aliphatic rings. The molecule has 3 aromatic heterocycles. The van der Waals surface area contributed by atoms with Gasteiger partial charge in [0.05, 0.1) is 30.4 Å². The van der Waals surface area contributed by atoms with E-state index in [-0.39, 0.29) is 11.4 Å². The predicted molar refractivity (Wildman–Crippen MR) is 145 cm³/mol. The van der Waals surface area contributed by atoms with Crippen LogP contribution in [0.5, 0.6) is 5.88 Å². The molecule has 0 saturated heterocycles. The fourth-order valence-corrected chi connectivity index (χ4v) is 4.14. The first kappa shape index (κ1) is 24.4. The number of methoxy groups -OCH3 is 1. The Kier molecular flexibility index (Phi) is 6.44. The number of benzene rings is 2. The maximum absolute atomic E-state index is 13.1. The molecule has 0 aliphatic carbocycles. The van der Waals surface area contributed by atoms with Crippen molar-refractivity contribution in [2.24, 2.45) is 7.05 Å². The predicted octanol–water partition coefficient (Wildman–Crippen LogP) is 3.85. The third kappa shape index (κ3) is 4.50. The highest BCUT2D eigenvalue weighted by atomic mass is 16.5. The van der Waals surface area contributed by atoms with E-state index >= 15 is 0 Å². The zero-order valence-electron chi connectivity index (χ0n) is 21.0. The van der Waals surface area contributed by atoms with Crippen LogP contribution >= 0.6 is 0 Å². The molecule has 0 saturated carbocycles. The van der Waals surface area contributed by atoms with Crippen molar-refractivity contribution in [1.82, 2.24) is 24.3 Å². The van der Waals surface area contributed by atoms with Crippen molar-refractivity contribution in [2.75, 3.05) is 18.2 Å². The molecule has 38 heavy (non-hydrogen) atoms. The lowest BCUT2D eigenvalue weighted by molar-refractivity contribution is 0.102. The van der Waals surface area contributed by atoms with Gasteiger partial charge < -0.3 is 15.8 Å². The monoisotopic (exact) mass is 507 g/mol. The number of nitrogen functional groups attached to an aromatic ring is 1. The molecule has 2 aromatic carbocycles. The number of carbonyl (C=O) groups excluding carboxylic acids is 1. The van der Waals surface area contributed by atoms with Crippen LogP contribution in [-0.4, -0.2) is 37.3 Å². The van der Waals surface area contributed by atoms with Gasteiger partial charge in [-0.15, -0.1) is 0 Å². The third-order valence-electron chi connectivity index (χ3n) is 6.19. The maximum Gasteiger partial charge on any atom is 0.284 e. The van der Waals surface area contributed by atoms with E-state index in [0.717, 1.165) is 0 Å². The van der Waals surface area contributed by atoms with Crippen LogP contribution in [0.1, 0.15) is 16.1 Å². The number of nitrogens with one attached hydrogen (secondary N) is 1. The first-order chi connectivity index (χ1) is 18.4. The Bertz CT molecular complexity index is 1690. The molecule has 190 valence electrons. The highest BCUT2D eigenvalue weighted by molar-refractivity contribution is 6.05. The maximum atomic E-state index is 13.1. The molecular formula is C28H25N7O3. The number of hydrogen-bond donors (Lipinski definition) is 2. The third-order valence-corrected chi connectivity index (χ3v) is 6.19. The van der Waals surface area contributed by atoms with Gasteiger partial charge in [0.25, 0.3) is 11.5 Å². The summed E-state index contributed by atoms with van der Waals surface area (Å²) in [4.78, 5) is 39.6. The van der Waals surface area contributed by atoms with Gasteiger partial charge in [0.2, 0.25) is 5.88 Å². The van der Waals surface area contributed by atoms with Gasteiger partial charge in [0, 0.05) is 24.4 Å². The molecule has 1 amide bonds. The van der Waals surface area contributed by atoms with E-state index in [1.807, 2.05) is 42.5 Å². The van der Waals surface area contributed by atoms with Crippen LogP contribution in [0.4, 0.5) is 11.5 Å². The molecule has 3 heterocycles. The fraction of sp³-hybridized carbons (Fsp3) is 0.107. The van der Waals surface area contributed by atoms with Crippen LogP contribution in [0.15, 0.2) is 83.8 Å². The van der Waals surface area contributed by atoms with Gasteiger partial charge in [-0.25, -0.2) is 19.6 Å². The first-order valence-electron chi connectivity index (χ1n) is 11.8. The molecular weight excluding hydrogens is 482 g/mol. The lowest BCUT2D eigenvalue weighted by Gasteiger charge is -2.09. The molecule has 0 aliphatic heterocycles. The quantitative estimate of drug-likeness (QED) is 0.357. The highest BCUT2D eigenvalue weighted by Gasteiger charge is 2.22. The number of hydrogen-bond acceptors (Lipinski definition) is 7. The Morgan fingerprint density at radius 1 is 0.947 bits per heavy atom. The van der Waals surface area contributed by atoms with Gasteiger partial charge in [-0.3, -0.25) is 14.3 Å². The summed E-state index contributed by atoms with van der Waals surface area (Å²) in [6.45, 7) is 1.74. The van der Waals surface area contributed by atoms with Crippen molar-refractivity contribution in [1.29, 1.82) is 0 Å². The number of carbonyl (C=O) groups is 1. The number of para-hydroxylation sites is 1. The summed E-state index contributed by atoms with van der Waals surface area (Å²) in [5, 5.41) is 2.82. The van der Waals surface area contributed by atoms with Crippen molar-refractivity contribution >= 4 is 17.4 Å². The van der Waals surface area contributed by atoms with Crippen LogP contribution in [0, 0.1) is 6.92 Å². The zero-order chi connectivity index (χ0) is 26.8. The number of rotatable bonds is 6. The Hall–Kier alpha value is -5.25. The summed E-state index contributed by atoms with van der Waals surface area (Å²) in [6.07, 6.45) is 1.56. The molecule has 3 N–H and O–H groups in total. The number of amides is 1. The molecule has 10 heteroatoms. The number of nitrogens with two attached hydrogens (primary N) is 1. The van der Waals surface area contributed by atoms with Crippen LogP contribution in [0.25, 0.3) is 28.3 Å². The van der Waals surface area contributed by atoms with Gasteiger partial charge in [0.1, 0.15) is 22.8 Å². The molecule has 0 unspecified atom stereocenters. The van der Waals surface area contributed by atoms with E-state index in [9.17, 15) is 9.59 Å². The number of ether oxygens (including phenoxy) is 1. The minimum Gasteiger partial charge on any atom is -0.481 e. The number of aromatic nitrogens is 5. The number of anilines is 2. The Morgan fingerprint density at radius 3 is 2.39 bits per heavy atom. The van der Waals surface area contributed by atoms with Crippen molar-refractivity contribution in [3.63, 3.8) is 0 Å². The molecule has 5 rings (SSSR count). The normalized spacial score (nSPS) is 10.8. The van der Waals surface area contributed by atoms with Crippen molar-refractivity contribution < 1.29 is 9.53 Å². The SMILES string of the molecule is COc1cccc(-c2cnc(N)c(-c3ccc(NC(=O)c4c(C)n(C)n(-c5ccccc5)c4=O)cc3)n2)n1. The first-order valence-corrected chi connectivity index (χ1v) is 11.8. The van der Waals surface area contributed by atoms with E-state index in [1.165, 1.54) is 4.68 Å². The van der Waals surface area contributed by atoms with Crippen LogP contribution in [-0.2, 0) is 7.05 Å². The Labute approximate surface area is 218 Å². The van der Waals surface area contributed by atoms with Gasteiger partial charge in [-0.2, -0.15) is 0 Å². The van der Waals surface area contributed by atoms with Crippen LogP contribution in [0.3, 0.4) is 0 Å². The molecule has 0 atom stereocenters. The number of pyridine rings is 1. The molecule has 0 fully saturated rings. The molecule has 0 radical (unpaired) electrons. The number of nitrogens with zero attached hydrogens (tertiary/aromatic N) is 5. The van der Waals surface area contributed by atoms with Crippen molar-refractivity contribution in [3.8, 4) is 34.2 Å². The van der Waals surface area contributed by atoms with E-state index in [2.05, 4.69) is 20.3 Å². The summed E-state index contributed by atoms with van der Waals surface area (Å²) in [5.74, 6) is 0.234. The second-order valence-corrected chi connectivity index (χ2v) is 8.52. The minimum absolute atomic E-state index is 0.0778. The van der Waals surface area contributed by atoms with Gasteiger partial charge in [0.15, 0.2) is 0 Å². The second kappa shape index (κ2) is 10.0. The summed E-state index contributed by atoms with van der Waals surface area (Å²) >= 11 is 0. The van der Waals surface area contributed by atoms with Gasteiger partial charge >= 0.3 is 0 Å². The minimum atomic E-state index is -0.490. The lowest BCUT2D eigenvalue weighted by atomic mass is 10.1. The van der Waals surface area contributed by atoms with Crippen LogP contribution in [0.2, 0.25) is 0 Å². The van der Waals surface area contributed by atoms with Crippen molar-refractivity contribution in [2.45, 2.75) is 6.92 Å². The zero-order valence-corrected chi connectivity index (χ0v) is 21.0. The van der Waals surface area contributed by atoms with E-state index in [4.69, 9.17) is 10.5 Å².